The Balaban J connectivity index is 2.31. The molecular formula is C17H26Cl2N2. The molecule has 0 amide bonds. The van der Waals surface area contributed by atoms with Gasteiger partial charge in [0, 0.05) is 30.2 Å². The molecule has 0 bridgehead atoms. The summed E-state index contributed by atoms with van der Waals surface area (Å²) < 4.78 is 0. The van der Waals surface area contributed by atoms with Gasteiger partial charge in [0.05, 0.1) is 10.7 Å². The monoisotopic (exact) mass is 328 g/mol. The minimum atomic E-state index is 0.446. The topological polar surface area (TPSA) is 15.3 Å². The lowest BCUT2D eigenvalue weighted by Crippen LogP contribution is -2.60. The fourth-order valence-corrected chi connectivity index (χ4v) is 3.43. The van der Waals surface area contributed by atoms with Crippen LogP contribution in [0.2, 0.25) is 10.0 Å². The van der Waals surface area contributed by atoms with Crippen LogP contribution in [-0.4, -0.2) is 25.2 Å². The Morgan fingerprint density at radius 2 is 2.00 bits per heavy atom. The van der Waals surface area contributed by atoms with Crippen molar-refractivity contribution in [2.45, 2.75) is 46.2 Å². The molecule has 0 spiro atoms. The largest absolute Gasteiger partial charge is 0.364 e. The third kappa shape index (κ3) is 3.85. The molecule has 4 heteroatoms. The maximum Gasteiger partial charge on any atom is 0.0640 e. The van der Waals surface area contributed by atoms with Gasteiger partial charge in [0.1, 0.15) is 0 Å². The van der Waals surface area contributed by atoms with E-state index in [1.807, 2.05) is 18.2 Å². The SMILES string of the molecule is CCC(C)C1CN(c2cc(Cl)ccc2Cl)C(C(C)C)CN1. The number of halogens is 2. The smallest absolute Gasteiger partial charge is 0.0640 e. The zero-order valence-electron chi connectivity index (χ0n) is 13.4. The first-order valence-electron chi connectivity index (χ1n) is 7.89. The number of benzene rings is 1. The summed E-state index contributed by atoms with van der Waals surface area (Å²) in [7, 11) is 0. The van der Waals surface area contributed by atoms with Crippen LogP contribution in [0.5, 0.6) is 0 Å². The minimum absolute atomic E-state index is 0.446. The maximum absolute atomic E-state index is 6.44. The van der Waals surface area contributed by atoms with Crippen molar-refractivity contribution in [2.75, 3.05) is 18.0 Å². The highest BCUT2D eigenvalue weighted by Crippen LogP contribution is 2.33. The molecule has 1 saturated heterocycles. The van der Waals surface area contributed by atoms with E-state index < -0.39 is 0 Å². The minimum Gasteiger partial charge on any atom is -0.364 e. The summed E-state index contributed by atoms with van der Waals surface area (Å²) in [6.45, 7) is 11.1. The molecule has 1 fully saturated rings. The van der Waals surface area contributed by atoms with Crippen molar-refractivity contribution in [3.63, 3.8) is 0 Å². The molecule has 1 aromatic rings. The van der Waals surface area contributed by atoms with Gasteiger partial charge >= 0.3 is 0 Å². The Labute approximate surface area is 138 Å². The molecule has 2 nitrogen and oxygen atoms in total. The van der Waals surface area contributed by atoms with Gasteiger partial charge in [-0.05, 0) is 30.0 Å². The summed E-state index contributed by atoms with van der Waals surface area (Å²) >= 11 is 12.6. The first kappa shape index (κ1) is 16.9. The predicted octanol–water partition coefficient (Wildman–Crippen LogP) is 4.84. The van der Waals surface area contributed by atoms with Gasteiger partial charge in [0.2, 0.25) is 0 Å². The molecule has 1 N–H and O–H groups in total. The summed E-state index contributed by atoms with van der Waals surface area (Å²) in [6.07, 6.45) is 1.18. The second-order valence-corrected chi connectivity index (χ2v) is 7.30. The molecular weight excluding hydrogens is 303 g/mol. The number of piperazine rings is 1. The van der Waals surface area contributed by atoms with Crippen LogP contribution >= 0.6 is 23.2 Å². The Morgan fingerprint density at radius 3 is 2.62 bits per heavy atom. The number of nitrogens with zero attached hydrogens (tertiary/aromatic N) is 1. The Hall–Kier alpha value is -0.440. The fraction of sp³-hybridized carbons (Fsp3) is 0.647. The molecule has 0 radical (unpaired) electrons. The summed E-state index contributed by atoms with van der Waals surface area (Å²) in [5.74, 6) is 1.21. The second kappa shape index (κ2) is 7.21. The van der Waals surface area contributed by atoms with E-state index in [0.29, 0.717) is 23.9 Å². The fourth-order valence-electron chi connectivity index (χ4n) is 3.04. The first-order valence-corrected chi connectivity index (χ1v) is 8.64. The normalized spacial score (nSPS) is 24.4. The van der Waals surface area contributed by atoms with Crippen molar-refractivity contribution in [1.82, 2.24) is 5.32 Å². The van der Waals surface area contributed by atoms with E-state index in [9.17, 15) is 0 Å². The van der Waals surface area contributed by atoms with E-state index in [1.54, 1.807) is 0 Å². The third-order valence-electron chi connectivity index (χ3n) is 4.70. The average Bonchev–Trinajstić information content (AvgIpc) is 2.48. The quantitative estimate of drug-likeness (QED) is 0.850. The summed E-state index contributed by atoms with van der Waals surface area (Å²) in [6, 6.07) is 6.70. The van der Waals surface area contributed by atoms with Crippen molar-refractivity contribution in [2.24, 2.45) is 11.8 Å². The summed E-state index contributed by atoms with van der Waals surface area (Å²) in [4.78, 5) is 2.45. The number of nitrogens with one attached hydrogen (secondary N) is 1. The molecule has 0 aliphatic carbocycles. The van der Waals surface area contributed by atoms with E-state index in [1.165, 1.54) is 6.42 Å². The number of rotatable bonds is 4. The zero-order valence-corrected chi connectivity index (χ0v) is 14.9. The van der Waals surface area contributed by atoms with Crippen LogP contribution < -0.4 is 10.2 Å². The standard InChI is InChI=1S/C17H26Cl2N2/c1-5-12(4)15-10-21(17(9-20-15)11(2)3)16-8-13(18)6-7-14(16)19/h6-8,11-12,15,17,20H,5,9-10H2,1-4H3. The second-order valence-electron chi connectivity index (χ2n) is 6.46. The van der Waals surface area contributed by atoms with Crippen LogP contribution in [0.25, 0.3) is 0 Å². The van der Waals surface area contributed by atoms with E-state index in [-0.39, 0.29) is 0 Å². The lowest BCUT2D eigenvalue weighted by atomic mass is 9.91. The van der Waals surface area contributed by atoms with E-state index in [4.69, 9.17) is 23.2 Å². The highest BCUT2D eigenvalue weighted by atomic mass is 35.5. The van der Waals surface area contributed by atoms with E-state index >= 15 is 0 Å². The van der Waals surface area contributed by atoms with Crippen LogP contribution in [0, 0.1) is 11.8 Å². The van der Waals surface area contributed by atoms with Gasteiger partial charge in [-0.3, -0.25) is 0 Å². The van der Waals surface area contributed by atoms with Crippen LogP contribution in [-0.2, 0) is 0 Å². The Kier molecular flexibility index (Phi) is 5.81. The van der Waals surface area contributed by atoms with E-state index in [0.717, 1.165) is 28.8 Å². The molecule has 21 heavy (non-hydrogen) atoms. The first-order chi connectivity index (χ1) is 9.93. The number of hydrogen-bond donors (Lipinski definition) is 1. The lowest BCUT2D eigenvalue weighted by Gasteiger charge is -2.45. The van der Waals surface area contributed by atoms with Gasteiger partial charge in [0.25, 0.3) is 0 Å². The average molecular weight is 329 g/mol. The molecule has 2 rings (SSSR count). The Morgan fingerprint density at radius 1 is 1.29 bits per heavy atom. The maximum atomic E-state index is 6.44. The van der Waals surface area contributed by atoms with Gasteiger partial charge in [-0.15, -0.1) is 0 Å². The van der Waals surface area contributed by atoms with Crippen LogP contribution in [0.4, 0.5) is 5.69 Å². The van der Waals surface area contributed by atoms with Gasteiger partial charge in [-0.25, -0.2) is 0 Å². The van der Waals surface area contributed by atoms with Crippen LogP contribution in [0.15, 0.2) is 18.2 Å². The van der Waals surface area contributed by atoms with E-state index in [2.05, 4.69) is 37.9 Å². The Bertz CT molecular complexity index is 476. The molecule has 118 valence electrons. The number of hydrogen-bond acceptors (Lipinski definition) is 2. The van der Waals surface area contributed by atoms with Crippen LogP contribution in [0.1, 0.15) is 34.1 Å². The van der Waals surface area contributed by atoms with Gasteiger partial charge < -0.3 is 10.2 Å². The number of anilines is 1. The molecule has 1 aromatic carbocycles. The van der Waals surface area contributed by atoms with Crippen molar-refractivity contribution >= 4 is 28.9 Å². The zero-order chi connectivity index (χ0) is 15.6. The molecule has 3 unspecified atom stereocenters. The van der Waals surface area contributed by atoms with Gasteiger partial charge in [-0.1, -0.05) is 57.3 Å². The van der Waals surface area contributed by atoms with Crippen molar-refractivity contribution < 1.29 is 0 Å². The third-order valence-corrected chi connectivity index (χ3v) is 5.26. The lowest BCUT2D eigenvalue weighted by molar-refractivity contribution is 0.281. The summed E-state index contributed by atoms with van der Waals surface area (Å²) in [5.41, 5.74) is 1.07. The van der Waals surface area contributed by atoms with Crippen molar-refractivity contribution in [3.05, 3.63) is 28.2 Å². The molecule has 1 heterocycles. The highest BCUT2D eigenvalue weighted by Gasteiger charge is 2.32. The molecule has 0 saturated carbocycles. The molecule has 1 aliphatic rings. The molecule has 1 aliphatic heterocycles. The summed E-state index contributed by atoms with van der Waals surface area (Å²) in [5, 5.41) is 5.25. The van der Waals surface area contributed by atoms with Gasteiger partial charge in [0.15, 0.2) is 0 Å². The van der Waals surface area contributed by atoms with Crippen molar-refractivity contribution in [3.8, 4) is 0 Å². The van der Waals surface area contributed by atoms with Crippen molar-refractivity contribution in [1.29, 1.82) is 0 Å². The van der Waals surface area contributed by atoms with Gasteiger partial charge in [-0.2, -0.15) is 0 Å². The molecule has 3 atom stereocenters. The predicted molar refractivity (Wildman–Crippen MR) is 93.7 cm³/mol. The molecule has 0 aromatic heterocycles. The highest BCUT2D eigenvalue weighted by molar-refractivity contribution is 6.35. The van der Waals surface area contributed by atoms with Crippen LogP contribution in [0.3, 0.4) is 0 Å².